The molecule has 9 heteroatoms. The molecule has 3 aromatic rings. The number of amides is 1. The van der Waals surface area contributed by atoms with Crippen molar-refractivity contribution in [2.24, 2.45) is 16.9 Å². The van der Waals surface area contributed by atoms with Gasteiger partial charge in [-0.15, -0.1) is 0 Å². The zero-order valence-electron chi connectivity index (χ0n) is 19.8. The van der Waals surface area contributed by atoms with E-state index >= 15 is 0 Å². The molecule has 0 bridgehead atoms. The Kier molecular flexibility index (Phi) is 7.08. The van der Waals surface area contributed by atoms with Crippen LogP contribution in [-0.4, -0.2) is 21.6 Å². The zero-order chi connectivity index (χ0) is 26.3. The summed E-state index contributed by atoms with van der Waals surface area (Å²) in [6.07, 6.45) is 3.76. The van der Waals surface area contributed by atoms with Crippen molar-refractivity contribution in [3.8, 4) is 0 Å². The molecule has 1 fully saturated rings. The average Bonchev–Trinajstić information content (AvgIpc) is 3.25. The number of nitrogens with zero attached hydrogens (tertiary/aromatic N) is 3. The van der Waals surface area contributed by atoms with Gasteiger partial charge < -0.3 is 0 Å². The predicted octanol–water partition coefficient (Wildman–Crippen LogP) is 8.24. The first-order chi connectivity index (χ1) is 17.7. The third kappa shape index (κ3) is 5.14. The number of hydrogen-bond donors (Lipinski definition) is 0. The van der Waals surface area contributed by atoms with Gasteiger partial charge in [0.25, 0.3) is 11.6 Å². The Bertz CT molecular complexity index is 1440. The van der Waals surface area contributed by atoms with Crippen molar-refractivity contribution in [2.45, 2.75) is 25.8 Å². The summed E-state index contributed by atoms with van der Waals surface area (Å²) in [4.78, 5) is 24.7. The highest BCUT2D eigenvalue weighted by molar-refractivity contribution is 6.32. The lowest BCUT2D eigenvalue weighted by Crippen LogP contribution is -2.33. The molecule has 3 unspecified atom stereocenters. The first-order valence-electron chi connectivity index (χ1n) is 11.8. The van der Waals surface area contributed by atoms with Crippen LogP contribution >= 0.6 is 34.8 Å². The summed E-state index contributed by atoms with van der Waals surface area (Å²) in [5.41, 5.74) is 3.62. The Morgan fingerprint density at radius 3 is 2.32 bits per heavy atom. The molecular formula is C28H22Cl3N3O3. The summed E-state index contributed by atoms with van der Waals surface area (Å²) in [6, 6.07) is 18.7. The van der Waals surface area contributed by atoms with Gasteiger partial charge >= 0.3 is 0 Å². The number of carbonyl (C=O) groups excluding carboxylic acids is 1. The third-order valence-corrected chi connectivity index (χ3v) is 7.61. The number of hydrogen-bond acceptors (Lipinski definition) is 4. The van der Waals surface area contributed by atoms with E-state index in [9.17, 15) is 14.9 Å². The summed E-state index contributed by atoms with van der Waals surface area (Å²) >= 11 is 18.2. The summed E-state index contributed by atoms with van der Waals surface area (Å²) in [7, 11) is 0. The Morgan fingerprint density at radius 1 is 1.03 bits per heavy atom. The molecule has 1 aliphatic carbocycles. The second-order valence-corrected chi connectivity index (χ2v) is 10.7. The highest BCUT2D eigenvalue weighted by Gasteiger charge is 2.45. The van der Waals surface area contributed by atoms with Gasteiger partial charge in [-0.25, -0.2) is 5.01 Å². The molecule has 188 valence electrons. The van der Waals surface area contributed by atoms with Gasteiger partial charge in [0.1, 0.15) is 5.02 Å². The van der Waals surface area contributed by atoms with Crippen LogP contribution in [0.3, 0.4) is 0 Å². The van der Waals surface area contributed by atoms with Crippen molar-refractivity contribution in [3.63, 3.8) is 0 Å². The molecule has 6 nitrogen and oxygen atoms in total. The highest BCUT2D eigenvalue weighted by Crippen LogP contribution is 2.47. The Balaban J connectivity index is 1.61. The maximum atomic E-state index is 13.8. The molecule has 2 aliphatic rings. The maximum Gasteiger partial charge on any atom is 0.288 e. The predicted molar refractivity (Wildman–Crippen MR) is 147 cm³/mol. The van der Waals surface area contributed by atoms with E-state index in [1.165, 1.54) is 23.2 Å². The van der Waals surface area contributed by atoms with E-state index < -0.39 is 10.8 Å². The van der Waals surface area contributed by atoms with Crippen LogP contribution in [0.2, 0.25) is 15.1 Å². The minimum Gasteiger partial charge on any atom is -0.267 e. The third-order valence-electron chi connectivity index (χ3n) is 6.79. The second kappa shape index (κ2) is 10.3. The number of halogens is 3. The van der Waals surface area contributed by atoms with E-state index in [4.69, 9.17) is 39.9 Å². The van der Waals surface area contributed by atoms with Gasteiger partial charge in [-0.1, -0.05) is 66.0 Å². The van der Waals surface area contributed by atoms with Crippen LogP contribution in [0.1, 0.15) is 47.3 Å². The number of allylic oxidation sites excluding steroid dienone is 1. The smallest absolute Gasteiger partial charge is 0.267 e. The van der Waals surface area contributed by atoms with Crippen molar-refractivity contribution >= 4 is 58.2 Å². The quantitative estimate of drug-likeness (QED) is 0.241. The average molecular weight is 555 g/mol. The Labute approximate surface area is 229 Å². The molecular weight excluding hydrogens is 533 g/mol. The van der Waals surface area contributed by atoms with Gasteiger partial charge in [-0.05, 0) is 77.9 Å². The molecule has 0 spiro atoms. The number of nitro benzene ring substituents is 1. The van der Waals surface area contributed by atoms with E-state index in [0.717, 1.165) is 35.3 Å². The molecule has 1 heterocycles. The van der Waals surface area contributed by atoms with Crippen LogP contribution < -0.4 is 0 Å². The topological polar surface area (TPSA) is 75.8 Å². The zero-order valence-corrected chi connectivity index (χ0v) is 22.0. The lowest BCUT2D eigenvalue weighted by atomic mass is 9.73. The minimum atomic E-state index is -0.597. The molecule has 5 rings (SSSR count). The number of nitro groups is 1. The molecule has 3 atom stereocenters. The van der Waals surface area contributed by atoms with E-state index in [0.29, 0.717) is 16.0 Å². The Hall–Kier alpha value is -3.19. The fourth-order valence-corrected chi connectivity index (χ4v) is 5.57. The highest BCUT2D eigenvalue weighted by atomic mass is 35.5. The van der Waals surface area contributed by atoms with E-state index in [2.05, 4.69) is 13.0 Å². The lowest BCUT2D eigenvalue weighted by Gasteiger charge is -2.32. The summed E-state index contributed by atoms with van der Waals surface area (Å²) < 4.78 is 0. The van der Waals surface area contributed by atoms with E-state index in [1.807, 2.05) is 36.4 Å². The second-order valence-electron chi connectivity index (χ2n) is 9.43. The van der Waals surface area contributed by atoms with Crippen LogP contribution in [0.25, 0.3) is 6.08 Å². The van der Waals surface area contributed by atoms with Crippen LogP contribution in [0.4, 0.5) is 5.69 Å². The molecule has 37 heavy (non-hydrogen) atoms. The summed E-state index contributed by atoms with van der Waals surface area (Å²) in [5.74, 6) is -0.112. The minimum absolute atomic E-state index is 0.0285. The van der Waals surface area contributed by atoms with Crippen molar-refractivity contribution < 1.29 is 9.72 Å². The lowest BCUT2D eigenvalue weighted by molar-refractivity contribution is -0.384. The summed E-state index contributed by atoms with van der Waals surface area (Å²) in [6.45, 7) is 2.19. The standard InChI is InChI=1S/C28H22Cl3N3O3/c1-16-12-20(14-17-2-7-21(29)8-3-17)26-23(13-16)27(18-4-9-22(30)10-5-18)33(32-26)28(35)19-6-11-24(31)25(15-19)34(36)37/h2-11,14-16,23,27H,12-13H2,1H3/b20-14+. The van der Waals surface area contributed by atoms with Crippen molar-refractivity contribution in [1.29, 1.82) is 0 Å². The van der Waals surface area contributed by atoms with Crippen molar-refractivity contribution in [3.05, 3.63) is 114 Å². The van der Waals surface area contributed by atoms with E-state index in [1.54, 1.807) is 12.1 Å². The van der Waals surface area contributed by atoms with Crippen LogP contribution in [-0.2, 0) is 0 Å². The molecule has 0 saturated heterocycles. The number of rotatable bonds is 4. The number of fused-ring (bicyclic) bond motifs is 1. The molecule has 1 amide bonds. The molecule has 0 radical (unpaired) electrons. The maximum absolute atomic E-state index is 13.8. The van der Waals surface area contributed by atoms with Gasteiger partial charge in [-0.2, -0.15) is 5.10 Å². The molecule has 1 saturated carbocycles. The normalized spacial score (nSPS) is 22.1. The first kappa shape index (κ1) is 25.5. The number of benzene rings is 3. The Morgan fingerprint density at radius 2 is 1.68 bits per heavy atom. The molecule has 0 aromatic heterocycles. The SMILES string of the molecule is CC1C/C(=C\c2ccc(Cl)cc2)C2=NN(C(=O)c3ccc(Cl)c([N+](=O)[O-])c3)C(c3ccc(Cl)cc3)C2C1. The van der Waals surface area contributed by atoms with Gasteiger partial charge in [0.15, 0.2) is 0 Å². The number of carbonyl (C=O) groups is 1. The monoisotopic (exact) mass is 553 g/mol. The van der Waals surface area contributed by atoms with Crippen LogP contribution in [0.5, 0.6) is 0 Å². The largest absolute Gasteiger partial charge is 0.288 e. The van der Waals surface area contributed by atoms with Crippen LogP contribution in [0.15, 0.2) is 77.4 Å². The van der Waals surface area contributed by atoms with Crippen LogP contribution in [0, 0.1) is 22.0 Å². The molecule has 1 aliphatic heterocycles. The van der Waals surface area contributed by atoms with Crippen molar-refractivity contribution in [2.75, 3.05) is 0 Å². The fraction of sp³-hybridized carbons (Fsp3) is 0.214. The molecule has 3 aromatic carbocycles. The summed E-state index contributed by atoms with van der Waals surface area (Å²) in [5, 5.41) is 19.0. The first-order valence-corrected chi connectivity index (χ1v) is 12.9. The van der Waals surface area contributed by atoms with E-state index in [-0.39, 0.29) is 28.2 Å². The van der Waals surface area contributed by atoms with Gasteiger partial charge in [0.2, 0.25) is 0 Å². The van der Waals surface area contributed by atoms with Gasteiger partial charge in [0, 0.05) is 27.6 Å². The molecule has 0 N–H and O–H groups in total. The van der Waals surface area contributed by atoms with Gasteiger partial charge in [-0.3, -0.25) is 14.9 Å². The van der Waals surface area contributed by atoms with Crippen molar-refractivity contribution in [1.82, 2.24) is 5.01 Å². The van der Waals surface area contributed by atoms with Gasteiger partial charge in [0.05, 0.1) is 16.7 Å². The number of hydrazone groups is 1. The fourth-order valence-electron chi connectivity index (χ4n) is 5.13.